The predicted octanol–water partition coefficient (Wildman–Crippen LogP) is 3.42. The summed E-state index contributed by atoms with van der Waals surface area (Å²) >= 11 is 1.76. The number of thiophene rings is 1. The number of nitrogens with zero attached hydrogens (tertiary/aromatic N) is 1. The van der Waals surface area contributed by atoms with E-state index in [9.17, 15) is 4.79 Å². The van der Waals surface area contributed by atoms with Gasteiger partial charge in [0.25, 0.3) is 0 Å². The summed E-state index contributed by atoms with van der Waals surface area (Å²) in [6.07, 6.45) is 2.31. The molecular formula is C15H17NO3S. The van der Waals surface area contributed by atoms with Crippen molar-refractivity contribution in [2.45, 2.75) is 25.3 Å². The van der Waals surface area contributed by atoms with Crippen LogP contribution in [0.5, 0.6) is 0 Å². The Balaban J connectivity index is 1.54. The van der Waals surface area contributed by atoms with Crippen molar-refractivity contribution in [1.82, 2.24) is 4.90 Å². The third-order valence-corrected chi connectivity index (χ3v) is 4.56. The molecule has 0 amide bonds. The monoisotopic (exact) mass is 291 g/mol. The molecule has 0 aliphatic carbocycles. The summed E-state index contributed by atoms with van der Waals surface area (Å²) in [4.78, 5) is 13.1. The van der Waals surface area contributed by atoms with Crippen LogP contribution in [0.1, 0.15) is 40.6 Å². The molecule has 1 aliphatic heterocycles. The van der Waals surface area contributed by atoms with Gasteiger partial charge in [0.05, 0.1) is 6.54 Å². The summed E-state index contributed by atoms with van der Waals surface area (Å²) in [5.41, 5.74) is 1.46. The first-order valence-corrected chi connectivity index (χ1v) is 7.73. The number of hydrogen-bond acceptors (Lipinski definition) is 4. The second-order valence-corrected chi connectivity index (χ2v) is 5.96. The summed E-state index contributed by atoms with van der Waals surface area (Å²) in [6, 6.07) is 5.50. The highest BCUT2D eigenvalue weighted by Crippen LogP contribution is 2.30. The molecule has 1 N–H and O–H groups in total. The van der Waals surface area contributed by atoms with E-state index in [2.05, 4.69) is 21.7 Å². The molecule has 0 saturated carbocycles. The van der Waals surface area contributed by atoms with Crippen molar-refractivity contribution in [2.24, 2.45) is 0 Å². The van der Waals surface area contributed by atoms with Gasteiger partial charge in [0.2, 0.25) is 5.76 Å². The maximum atomic E-state index is 10.8. The van der Waals surface area contributed by atoms with Crippen LogP contribution in [0.4, 0.5) is 0 Å². The fourth-order valence-corrected chi connectivity index (χ4v) is 3.47. The van der Waals surface area contributed by atoms with E-state index in [1.165, 1.54) is 11.6 Å². The zero-order chi connectivity index (χ0) is 13.9. The van der Waals surface area contributed by atoms with Crippen molar-refractivity contribution in [1.29, 1.82) is 0 Å². The van der Waals surface area contributed by atoms with Crippen LogP contribution in [-0.4, -0.2) is 29.1 Å². The summed E-state index contributed by atoms with van der Waals surface area (Å²) < 4.78 is 5.31. The van der Waals surface area contributed by atoms with Crippen molar-refractivity contribution >= 4 is 17.3 Å². The molecule has 1 fully saturated rings. The van der Waals surface area contributed by atoms with Gasteiger partial charge in [0, 0.05) is 0 Å². The normalized spacial score (nSPS) is 17.4. The number of piperidine rings is 1. The maximum Gasteiger partial charge on any atom is 0.371 e. The minimum Gasteiger partial charge on any atom is -0.475 e. The standard InChI is InChI=1S/C15H17NO3S/c17-15(18)14-2-1-13(19-14)9-16-6-3-11(4-7-16)12-5-8-20-10-12/h1-2,5,8,10-11H,3-4,6-7,9H2,(H,17,18). The van der Waals surface area contributed by atoms with Crippen LogP contribution in [0, 0.1) is 0 Å². The van der Waals surface area contributed by atoms with Crippen LogP contribution in [0.15, 0.2) is 33.4 Å². The summed E-state index contributed by atoms with van der Waals surface area (Å²) in [6.45, 7) is 2.76. The number of rotatable bonds is 4. The van der Waals surface area contributed by atoms with Gasteiger partial charge in [0.1, 0.15) is 5.76 Å². The number of carboxylic acids is 1. The van der Waals surface area contributed by atoms with E-state index in [1.807, 2.05) is 0 Å². The van der Waals surface area contributed by atoms with Gasteiger partial charge in [-0.05, 0) is 66.4 Å². The summed E-state index contributed by atoms with van der Waals surface area (Å²) in [5, 5.41) is 13.2. The molecule has 0 radical (unpaired) electrons. The van der Waals surface area contributed by atoms with Crippen molar-refractivity contribution < 1.29 is 14.3 Å². The zero-order valence-electron chi connectivity index (χ0n) is 11.1. The van der Waals surface area contributed by atoms with Gasteiger partial charge in [-0.25, -0.2) is 4.79 Å². The molecule has 106 valence electrons. The first-order chi connectivity index (χ1) is 9.72. The fourth-order valence-electron chi connectivity index (χ4n) is 2.73. The fraction of sp³-hybridized carbons (Fsp3) is 0.400. The number of hydrogen-bond donors (Lipinski definition) is 1. The molecule has 4 nitrogen and oxygen atoms in total. The van der Waals surface area contributed by atoms with Gasteiger partial charge >= 0.3 is 5.97 Å². The molecule has 0 atom stereocenters. The lowest BCUT2D eigenvalue weighted by atomic mass is 9.91. The molecule has 3 rings (SSSR count). The lowest BCUT2D eigenvalue weighted by Crippen LogP contribution is -2.32. The van der Waals surface area contributed by atoms with E-state index >= 15 is 0 Å². The van der Waals surface area contributed by atoms with E-state index in [0.717, 1.165) is 31.7 Å². The van der Waals surface area contributed by atoms with Crippen LogP contribution >= 0.6 is 11.3 Å². The van der Waals surface area contributed by atoms with Gasteiger partial charge in [-0.15, -0.1) is 0 Å². The lowest BCUT2D eigenvalue weighted by molar-refractivity contribution is 0.0657. The van der Waals surface area contributed by atoms with E-state index in [-0.39, 0.29) is 5.76 Å². The van der Waals surface area contributed by atoms with Gasteiger partial charge in [0.15, 0.2) is 0 Å². The SMILES string of the molecule is O=C(O)c1ccc(CN2CCC(c3ccsc3)CC2)o1. The van der Waals surface area contributed by atoms with E-state index in [4.69, 9.17) is 9.52 Å². The zero-order valence-corrected chi connectivity index (χ0v) is 11.9. The van der Waals surface area contributed by atoms with Crippen molar-refractivity contribution in [3.05, 3.63) is 46.0 Å². The Morgan fingerprint density at radius 3 is 2.75 bits per heavy atom. The Kier molecular flexibility index (Phi) is 3.89. The molecule has 0 unspecified atom stereocenters. The van der Waals surface area contributed by atoms with Crippen molar-refractivity contribution in [2.75, 3.05) is 13.1 Å². The van der Waals surface area contributed by atoms with Crippen LogP contribution in [-0.2, 0) is 6.54 Å². The average Bonchev–Trinajstić information content (AvgIpc) is 3.10. The summed E-state index contributed by atoms with van der Waals surface area (Å²) in [7, 11) is 0. The highest BCUT2D eigenvalue weighted by molar-refractivity contribution is 7.07. The highest BCUT2D eigenvalue weighted by Gasteiger charge is 2.21. The van der Waals surface area contributed by atoms with E-state index in [1.54, 1.807) is 17.4 Å². The van der Waals surface area contributed by atoms with Gasteiger partial charge in [-0.2, -0.15) is 11.3 Å². The second-order valence-electron chi connectivity index (χ2n) is 5.18. The molecule has 3 heterocycles. The third kappa shape index (κ3) is 2.94. The number of carbonyl (C=O) groups is 1. The highest BCUT2D eigenvalue weighted by atomic mass is 32.1. The first-order valence-electron chi connectivity index (χ1n) is 6.79. The third-order valence-electron chi connectivity index (χ3n) is 3.85. The molecule has 5 heteroatoms. The lowest BCUT2D eigenvalue weighted by Gasteiger charge is -2.31. The number of furan rings is 1. The van der Waals surface area contributed by atoms with Crippen LogP contribution < -0.4 is 0 Å². The largest absolute Gasteiger partial charge is 0.475 e. The average molecular weight is 291 g/mol. The molecule has 1 saturated heterocycles. The Labute approximate surface area is 121 Å². The Morgan fingerprint density at radius 2 is 2.15 bits per heavy atom. The maximum absolute atomic E-state index is 10.8. The van der Waals surface area contributed by atoms with Crippen LogP contribution in [0.3, 0.4) is 0 Å². The molecule has 0 spiro atoms. The van der Waals surface area contributed by atoms with E-state index in [0.29, 0.717) is 12.5 Å². The van der Waals surface area contributed by atoms with Gasteiger partial charge in [-0.1, -0.05) is 0 Å². The van der Waals surface area contributed by atoms with Gasteiger partial charge < -0.3 is 9.52 Å². The minimum atomic E-state index is -1.01. The molecule has 0 bridgehead atoms. The van der Waals surface area contributed by atoms with Crippen LogP contribution in [0.2, 0.25) is 0 Å². The second kappa shape index (κ2) is 5.81. The van der Waals surface area contributed by atoms with Crippen molar-refractivity contribution in [3.8, 4) is 0 Å². The number of likely N-dealkylation sites (tertiary alicyclic amines) is 1. The molecular weight excluding hydrogens is 274 g/mol. The van der Waals surface area contributed by atoms with Gasteiger partial charge in [-0.3, -0.25) is 4.90 Å². The summed E-state index contributed by atoms with van der Waals surface area (Å²) in [5.74, 6) is 0.417. The first kappa shape index (κ1) is 13.4. The number of aromatic carboxylic acids is 1. The molecule has 1 aliphatic rings. The Bertz CT molecular complexity index is 568. The number of carboxylic acid groups (broad SMARTS) is 1. The molecule has 20 heavy (non-hydrogen) atoms. The molecule has 0 aromatic carbocycles. The molecule has 2 aromatic heterocycles. The van der Waals surface area contributed by atoms with Crippen LogP contribution in [0.25, 0.3) is 0 Å². The topological polar surface area (TPSA) is 53.7 Å². The minimum absolute atomic E-state index is 0.0214. The quantitative estimate of drug-likeness (QED) is 0.937. The van der Waals surface area contributed by atoms with E-state index < -0.39 is 5.97 Å². The van der Waals surface area contributed by atoms with Crippen molar-refractivity contribution in [3.63, 3.8) is 0 Å². The Morgan fingerprint density at radius 1 is 1.35 bits per heavy atom. The predicted molar refractivity (Wildman–Crippen MR) is 77.2 cm³/mol. The Hall–Kier alpha value is -1.59. The smallest absolute Gasteiger partial charge is 0.371 e. The molecule has 2 aromatic rings.